The molecular weight excluding hydrogens is 389 g/mol. The van der Waals surface area contributed by atoms with Crippen LogP contribution in [0.3, 0.4) is 0 Å². The Hall–Kier alpha value is -2.05. The van der Waals surface area contributed by atoms with Crippen molar-refractivity contribution in [3.63, 3.8) is 0 Å². The lowest BCUT2D eigenvalue weighted by molar-refractivity contribution is -0.108. The fourth-order valence-electron chi connectivity index (χ4n) is 3.82. The Morgan fingerprint density at radius 2 is 1.34 bits per heavy atom. The molecule has 1 unspecified atom stereocenters. The molecule has 4 nitrogen and oxygen atoms in total. The molecule has 0 saturated carbocycles. The number of rotatable bonds is 6. The number of phenols is 2. The zero-order valence-electron chi connectivity index (χ0n) is 17.9. The van der Waals surface area contributed by atoms with E-state index in [9.17, 15) is 19.4 Å². The van der Waals surface area contributed by atoms with Gasteiger partial charge in [0.05, 0.1) is 0 Å². The van der Waals surface area contributed by atoms with E-state index < -0.39 is 11.4 Å². The molecule has 158 valence electrons. The Bertz CT molecular complexity index is 856. The van der Waals surface area contributed by atoms with Crippen molar-refractivity contribution in [3.8, 4) is 11.5 Å². The summed E-state index contributed by atoms with van der Waals surface area (Å²) < 4.78 is 15.0. The molecule has 0 saturated heterocycles. The number of carbonyl (C=O) groups is 1. The molecule has 2 aromatic rings. The van der Waals surface area contributed by atoms with Crippen molar-refractivity contribution in [2.45, 2.75) is 71.2 Å². The summed E-state index contributed by atoms with van der Waals surface area (Å²) in [7, 11) is 0. The highest BCUT2D eigenvalue weighted by molar-refractivity contribution is 7.80. The third kappa shape index (κ3) is 4.14. The third-order valence-corrected chi connectivity index (χ3v) is 6.95. The monoisotopic (exact) mass is 419 g/mol. The van der Waals surface area contributed by atoms with Gasteiger partial charge in [0.1, 0.15) is 23.6 Å². The van der Waals surface area contributed by atoms with Gasteiger partial charge in [-0.15, -0.1) is 12.6 Å². The lowest BCUT2D eigenvalue weighted by atomic mass is 9.79. The average Bonchev–Trinajstić information content (AvgIpc) is 2.69. The standard InChI is InChI=1S/C23H30FNO3S/c1-11-12(2)19(24)18(21(28)13(11)3)10-23(25,7-8-26)9-17-16(6)22(29)15(5)14(4)20(17)27/h8,27-29H,7,9-10,25H2,1-6H3. The molecule has 29 heavy (non-hydrogen) atoms. The van der Waals surface area contributed by atoms with Gasteiger partial charge < -0.3 is 20.7 Å². The summed E-state index contributed by atoms with van der Waals surface area (Å²) in [5, 5.41) is 21.3. The second kappa shape index (κ2) is 8.36. The number of phenolic OH excluding ortho intramolecular Hbond substituents is 2. The quantitative estimate of drug-likeness (QED) is 0.412. The summed E-state index contributed by atoms with van der Waals surface area (Å²) in [6.45, 7) is 10.6. The molecule has 6 heteroatoms. The lowest BCUT2D eigenvalue weighted by Gasteiger charge is -2.31. The van der Waals surface area contributed by atoms with Crippen LogP contribution >= 0.6 is 12.6 Å². The Morgan fingerprint density at radius 1 is 0.862 bits per heavy atom. The fraction of sp³-hybridized carbons (Fsp3) is 0.435. The van der Waals surface area contributed by atoms with Gasteiger partial charge in [0, 0.05) is 28.0 Å². The number of benzene rings is 2. The van der Waals surface area contributed by atoms with Crippen LogP contribution in [0.2, 0.25) is 0 Å². The van der Waals surface area contributed by atoms with Gasteiger partial charge in [-0.2, -0.15) is 0 Å². The lowest BCUT2D eigenvalue weighted by Crippen LogP contribution is -2.45. The molecular formula is C23H30FNO3S. The average molecular weight is 420 g/mol. The summed E-state index contributed by atoms with van der Waals surface area (Å²) in [6.07, 6.45) is 0.742. The number of nitrogens with two attached hydrogens (primary N) is 1. The van der Waals surface area contributed by atoms with Gasteiger partial charge in [-0.1, -0.05) is 0 Å². The highest BCUT2D eigenvalue weighted by Gasteiger charge is 2.32. The number of halogens is 1. The molecule has 0 spiro atoms. The van der Waals surface area contributed by atoms with Crippen molar-refractivity contribution >= 4 is 18.9 Å². The number of carbonyl (C=O) groups excluding carboxylic acids is 1. The van der Waals surface area contributed by atoms with E-state index in [1.807, 2.05) is 13.8 Å². The van der Waals surface area contributed by atoms with Gasteiger partial charge in [-0.3, -0.25) is 0 Å². The second-order valence-corrected chi connectivity index (χ2v) is 8.60. The van der Waals surface area contributed by atoms with Crippen LogP contribution in [0.5, 0.6) is 11.5 Å². The van der Waals surface area contributed by atoms with Gasteiger partial charge in [-0.05, 0) is 87.8 Å². The SMILES string of the molecule is Cc1c(C)c(O)c(CC(N)(CC=O)Cc2c(C)c(S)c(C)c(C)c2O)c(F)c1C. The van der Waals surface area contributed by atoms with Crippen molar-refractivity contribution in [3.05, 3.63) is 50.3 Å². The van der Waals surface area contributed by atoms with Crippen LogP contribution in [-0.4, -0.2) is 22.0 Å². The molecule has 0 amide bonds. The first-order valence-corrected chi connectivity index (χ1v) is 10.0. The van der Waals surface area contributed by atoms with E-state index in [0.29, 0.717) is 34.1 Å². The van der Waals surface area contributed by atoms with E-state index in [0.717, 1.165) is 16.0 Å². The van der Waals surface area contributed by atoms with Crippen LogP contribution in [-0.2, 0) is 17.6 Å². The minimum absolute atomic E-state index is 0.0426. The number of hydrogen-bond donors (Lipinski definition) is 4. The summed E-state index contributed by atoms with van der Waals surface area (Å²) in [5.41, 5.74) is 10.2. The third-order valence-electron chi connectivity index (χ3n) is 6.27. The Morgan fingerprint density at radius 3 is 1.90 bits per heavy atom. The van der Waals surface area contributed by atoms with Crippen molar-refractivity contribution in [1.82, 2.24) is 0 Å². The molecule has 0 radical (unpaired) electrons. The van der Waals surface area contributed by atoms with Gasteiger partial charge in [0.25, 0.3) is 0 Å². The molecule has 0 aliphatic carbocycles. The van der Waals surface area contributed by atoms with Crippen LogP contribution in [0.4, 0.5) is 4.39 Å². The molecule has 0 aromatic heterocycles. The molecule has 0 aliphatic heterocycles. The smallest absolute Gasteiger partial charge is 0.133 e. The molecule has 0 fully saturated rings. The molecule has 1 atom stereocenters. The molecule has 0 heterocycles. The van der Waals surface area contributed by atoms with Gasteiger partial charge in [0.2, 0.25) is 0 Å². The predicted octanol–water partition coefficient (Wildman–Crippen LogP) is 4.45. The maximum atomic E-state index is 15.0. The van der Waals surface area contributed by atoms with E-state index >= 15 is 0 Å². The molecule has 2 aromatic carbocycles. The summed E-state index contributed by atoms with van der Waals surface area (Å²) in [5.74, 6) is -0.538. The normalized spacial score (nSPS) is 13.4. The molecule has 2 rings (SSSR count). The Kier molecular flexibility index (Phi) is 6.70. The molecule has 0 aliphatic rings. The number of aromatic hydroxyl groups is 2. The highest BCUT2D eigenvalue weighted by Crippen LogP contribution is 2.39. The van der Waals surface area contributed by atoms with E-state index in [-0.39, 0.29) is 36.3 Å². The van der Waals surface area contributed by atoms with Crippen molar-refractivity contribution < 1.29 is 19.4 Å². The predicted molar refractivity (Wildman–Crippen MR) is 117 cm³/mol. The first kappa shape index (κ1) is 23.2. The summed E-state index contributed by atoms with van der Waals surface area (Å²) in [4.78, 5) is 12.2. The van der Waals surface area contributed by atoms with Gasteiger partial charge in [-0.25, -0.2) is 4.39 Å². The van der Waals surface area contributed by atoms with E-state index in [4.69, 9.17) is 5.73 Å². The minimum Gasteiger partial charge on any atom is -0.507 e. The summed E-state index contributed by atoms with van der Waals surface area (Å²) >= 11 is 4.55. The van der Waals surface area contributed by atoms with Gasteiger partial charge >= 0.3 is 0 Å². The van der Waals surface area contributed by atoms with Crippen molar-refractivity contribution in [2.24, 2.45) is 5.73 Å². The first-order chi connectivity index (χ1) is 13.4. The maximum absolute atomic E-state index is 15.0. The van der Waals surface area contributed by atoms with Crippen LogP contribution < -0.4 is 5.73 Å². The molecule has 4 N–H and O–H groups in total. The van der Waals surface area contributed by atoms with E-state index in [2.05, 4.69) is 12.6 Å². The van der Waals surface area contributed by atoms with E-state index in [1.54, 1.807) is 27.7 Å². The zero-order valence-corrected chi connectivity index (χ0v) is 18.8. The number of aldehydes is 1. The van der Waals surface area contributed by atoms with Crippen molar-refractivity contribution in [2.75, 3.05) is 0 Å². The first-order valence-electron chi connectivity index (χ1n) is 9.56. The number of thiol groups is 1. The summed E-state index contributed by atoms with van der Waals surface area (Å²) in [6, 6.07) is 0. The Labute approximate surface area is 177 Å². The highest BCUT2D eigenvalue weighted by atomic mass is 32.1. The minimum atomic E-state index is -1.18. The largest absolute Gasteiger partial charge is 0.507 e. The Balaban J connectivity index is 2.60. The maximum Gasteiger partial charge on any atom is 0.133 e. The zero-order chi connectivity index (χ0) is 22.3. The topological polar surface area (TPSA) is 83.5 Å². The second-order valence-electron chi connectivity index (χ2n) is 8.15. The number of hydrogen-bond acceptors (Lipinski definition) is 5. The van der Waals surface area contributed by atoms with Crippen LogP contribution in [0.1, 0.15) is 50.9 Å². The van der Waals surface area contributed by atoms with Crippen molar-refractivity contribution in [1.29, 1.82) is 0 Å². The van der Waals surface area contributed by atoms with Gasteiger partial charge in [0.15, 0.2) is 0 Å². The van der Waals surface area contributed by atoms with Crippen LogP contribution in [0, 0.1) is 47.4 Å². The van der Waals surface area contributed by atoms with Crippen LogP contribution in [0.15, 0.2) is 4.90 Å². The molecule has 0 bridgehead atoms. The van der Waals surface area contributed by atoms with E-state index in [1.165, 1.54) is 0 Å². The fourth-order valence-corrected chi connectivity index (χ4v) is 4.12. The van der Waals surface area contributed by atoms with Crippen LogP contribution in [0.25, 0.3) is 0 Å².